The van der Waals surface area contributed by atoms with Crippen LogP contribution < -0.4 is 0 Å². The number of benzene rings is 4. The number of hydrogen-bond acceptors (Lipinski definition) is 1. The molecular weight excluding hydrogens is 424 g/mol. The molecule has 0 spiro atoms. The van der Waals surface area contributed by atoms with Gasteiger partial charge in [0.15, 0.2) is 0 Å². The lowest BCUT2D eigenvalue weighted by atomic mass is 9.82. The normalized spacial score (nSPS) is 11.7. The van der Waals surface area contributed by atoms with Crippen LogP contribution in [0, 0.1) is 11.6 Å². The third-order valence-corrected chi connectivity index (χ3v) is 6.16. The molecule has 0 aliphatic rings. The quantitative estimate of drug-likeness (QED) is 0.268. The molecule has 0 radical (unpaired) electrons. The molecule has 0 fully saturated rings. The standard InChI is InChI=1S/C31H25F2N/c1-31(2,3)26-16-24(15-21-11-7-8-12-25(21)26)29-19-22(13-14-34-29)30-27(32)17-23(18-28(30)33)20-9-5-4-6-10-20/h4-19H,1-3H3. The van der Waals surface area contributed by atoms with E-state index in [1.165, 1.54) is 23.1 Å². The van der Waals surface area contributed by atoms with E-state index in [9.17, 15) is 0 Å². The van der Waals surface area contributed by atoms with E-state index in [1.54, 1.807) is 18.3 Å². The summed E-state index contributed by atoms with van der Waals surface area (Å²) in [6, 6.07) is 27.9. The first-order valence-corrected chi connectivity index (χ1v) is 11.4. The average Bonchev–Trinajstić information content (AvgIpc) is 2.83. The minimum absolute atomic E-state index is 0.0415. The second-order valence-corrected chi connectivity index (χ2v) is 9.61. The third kappa shape index (κ3) is 4.10. The van der Waals surface area contributed by atoms with Gasteiger partial charge in [-0.15, -0.1) is 0 Å². The van der Waals surface area contributed by atoms with Crippen molar-refractivity contribution >= 4 is 10.8 Å². The smallest absolute Gasteiger partial charge is 0.134 e. The zero-order valence-corrected chi connectivity index (χ0v) is 19.4. The highest BCUT2D eigenvalue weighted by Crippen LogP contribution is 2.36. The van der Waals surface area contributed by atoms with Crippen LogP contribution in [0.4, 0.5) is 8.78 Å². The molecule has 0 amide bonds. The van der Waals surface area contributed by atoms with Crippen molar-refractivity contribution in [2.45, 2.75) is 26.2 Å². The number of nitrogens with zero attached hydrogens (tertiary/aromatic N) is 1. The monoisotopic (exact) mass is 449 g/mol. The summed E-state index contributed by atoms with van der Waals surface area (Å²) in [6.07, 6.45) is 1.61. The van der Waals surface area contributed by atoms with Crippen LogP contribution in [0.5, 0.6) is 0 Å². The topological polar surface area (TPSA) is 12.9 Å². The number of pyridine rings is 1. The minimum Gasteiger partial charge on any atom is -0.256 e. The summed E-state index contributed by atoms with van der Waals surface area (Å²) in [6.45, 7) is 6.55. The zero-order chi connectivity index (χ0) is 23.9. The molecule has 0 atom stereocenters. The second-order valence-electron chi connectivity index (χ2n) is 9.61. The Bertz CT molecular complexity index is 1470. The van der Waals surface area contributed by atoms with Gasteiger partial charge in [0.25, 0.3) is 0 Å². The number of aromatic nitrogens is 1. The molecule has 168 valence electrons. The van der Waals surface area contributed by atoms with Gasteiger partial charge in [-0.3, -0.25) is 4.98 Å². The molecule has 1 nitrogen and oxygen atoms in total. The van der Waals surface area contributed by atoms with Crippen LogP contribution >= 0.6 is 0 Å². The number of halogens is 2. The lowest BCUT2D eigenvalue weighted by Gasteiger charge is -2.22. The summed E-state index contributed by atoms with van der Waals surface area (Å²) in [7, 11) is 0. The van der Waals surface area contributed by atoms with Crippen molar-refractivity contribution in [1.82, 2.24) is 4.98 Å². The Kier molecular flexibility index (Phi) is 5.49. The van der Waals surface area contributed by atoms with Crippen LogP contribution in [0.1, 0.15) is 26.3 Å². The van der Waals surface area contributed by atoms with Crippen molar-refractivity contribution in [2.75, 3.05) is 0 Å². The Hall–Kier alpha value is -3.85. The first kappa shape index (κ1) is 22.0. The maximum Gasteiger partial charge on any atom is 0.134 e. The highest BCUT2D eigenvalue weighted by molar-refractivity contribution is 5.91. The van der Waals surface area contributed by atoms with Gasteiger partial charge in [0.05, 0.1) is 11.3 Å². The van der Waals surface area contributed by atoms with Gasteiger partial charge < -0.3 is 0 Å². The maximum absolute atomic E-state index is 15.2. The molecule has 0 bridgehead atoms. The summed E-state index contributed by atoms with van der Waals surface area (Å²) in [4.78, 5) is 4.54. The zero-order valence-electron chi connectivity index (χ0n) is 19.4. The van der Waals surface area contributed by atoms with Crippen molar-refractivity contribution in [3.05, 3.63) is 114 Å². The van der Waals surface area contributed by atoms with Crippen molar-refractivity contribution in [3.63, 3.8) is 0 Å². The van der Waals surface area contributed by atoms with Crippen LogP contribution in [-0.2, 0) is 5.41 Å². The molecule has 0 aliphatic heterocycles. The highest BCUT2D eigenvalue weighted by atomic mass is 19.1. The number of rotatable bonds is 3. The molecule has 1 heterocycles. The first-order valence-electron chi connectivity index (χ1n) is 11.4. The Morgan fingerprint density at radius 1 is 0.618 bits per heavy atom. The predicted molar refractivity (Wildman–Crippen MR) is 137 cm³/mol. The van der Waals surface area contributed by atoms with Gasteiger partial charge >= 0.3 is 0 Å². The van der Waals surface area contributed by atoms with Crippen molar-refractivity contribution in [1.29, 1.82) is 0 Å². The van der Waals surface area contributed by atoms with E-state index in [0.29, 0.717) is 16.8 Å². The Morgan fingerprint density at radius 2 is 1.29 bits per heavy atom. The van der Waals surface area contributed by atoms with Crippen molar-refractivity contribution in [3.8, 4) is 33.5 Å². The molecule has 34 heavy (non-hydrogen) atoms. The summed E-state index contributed by atoms with van der Waals surface area (Å²) in [5.74, 6) is -1.19. The molecule has 0 aliphatic carbocycles. The molecule has 3 heteroatoms. The van der Waals surface area contributed by atoms with Gasteiger partial charge in [0.1, 0.15) is 11.6 Å². The summed E-state index contributed by atoms with van der Waals surface area (Å²) in [5, 5.41) is 2.31. The summed E-state index contributed by atoms with van der Waals surface area (Å²) >= 11 is 0. The van der Waals surface area contributed by atoms with E-state index in [-0.39, 0.29) is 11.0 Å². The number of fused-ring (bicyclic) bond motifs is 1. The fourth-order valence-electron chi connectivity index (χ4n) is 4.47. The highest BCUT2D eigenvalue weighted by Gasteiger charge is 2.20. The third-order valence-electron chi connectivity index (χ3n) is 6.16. The molecular formula is C31H25F2N. The first-order chi connectivity index (χ1) is 16.3. The molecule has 0 N–H and O–H groups in total. The molecule has 1 aromatic heterocycles. The van der Waals surface area contributed by atoms with E-state index in [0.717, 1.165) is 16.5 Å². The fraction of sp³-hybridized carbons (Fsp3) is 0.129. The van der Waals surface area contributed by atoms with E-state index in [1.807, 2.05) is 42.5 Å². The predicted octanol–water partition coefficient (Wildman–Crippen LogP) is 8.81. The largest absolute Gasteiger partial charge is 0.256 e. The van der Waals surface area contributed by atoms with Gasteiger partial charge in [-0.1, -0.05) is 75.4 Å². The molecule has 5 aromatic rings. The molecule has 0 saturated carbocycles. The van der Waals surface area contributed by atoms with Crippen LogP contribution in [0.3, 0.4) is 0 Å². The van der Waals surface area contributed by atoms with Crippen molar-refractivity contribution < 1.29 is 8.78 Å². The Balaban J connectivity index is 1.63. The molecule has 5 rings (SSSR count). The van der Waals surface area contributed by atoms with Crippen molar-refractivity contribution in [2.24, 2.45) is 0 Å². The van der Waals surface area contributed by atoms with Crippen LogP contribution in [0.25, 0.3) is 44.3 Å². The van der Waals surface area contributed by atoms with Gasteiger partial charge in [-0.2, -0.15) is 0 Å². The van der Waals surface area contributed by atoms with Crippen LogP contribution in [-0.4, -0.2) is 4.98 Å². The SMILES string of the molecule is CC(C)(C)c1cc(-c2cc(-c3c(F)cc(-c4ccccc4)cc3F)ccn2)cc2ccccc12. The van der Waals surface area contributed by atoms with Gasteiger partial charge in [-0.05, 0) is 74.8 Å². The van der Waals surface area contributed by atoms with E-state index in [4.69, 9.17) is 0 Å². The maximum atomic E-state index is 15.2. The fourth-order valence-corrected chi connectivity index (χ4v) is 4.47. The Morgan fingerprint density at radius 3 is 2.00 bits per heavy atom. The average molecular weight is 450 g/mol. The summed E-state index contributed by atoms with van der Waals surface area (Å²) in [5.41, 5.74) is 4.44. The Labute approximate surface area is 198 Å². The van der Waals surface area contributed by atoms with E-state index >= 15 is 8.78 Å². The molecule has 0 unspecified atom stereocenters. The van der Waals surface area contributed by atoms with E-state index < -0.39 is 11.6 Å². The van der Waals surface area contributed by atoms with E-state index in [2.05, 4.69) is 50.0 Å². The van der Waals surface area contributed by atoms with Gasteiger partial charge in [0, 0.05) is 11.8 Å². The molecule has 4 aromatic carbocycles. The van der Waals surface area contributed by atoms with Gasteiger partial charge in [0.2, 0.25) is 0 Å². The minimum atomic E-state index is -0.593. The number of hydrogen-bond donors (Lipinski definition) is 0. The van der Waals surface area contributed by atoms with Crippen LogP contribution in [0.2, 0.25) is 0 Å². The molecule has 0 saturated heterocycles. The second kappa shape index (κ2) is 8.49. The van der Waals surface area contributed by atoms with Crippen LogP contribution in [0.15, 0.2) is 97.2 Å². The lowest BCUT2D eigenvalue weighted by Crippen LogP contribution is -2.12. The lowest BCUT2D eigenvalue weighted by molar-refractivity contribution is 0.590. The summed E-state index contributed by atoms with van der Waals surface area (Å²) < 4.78 is 30.4. The van der Waals surface area contributed by atoms with Gasteiger partial charge in [-0.25, -0.2) is 8.78 Å².